The summed E-state index contributed by atoms with van der Waals surface area (Å²) in [7, 11) is 0. The lowest BCUT2D eigenvalue weighted by Crippen LogP contribution is -2.45. The highest BCUT2D eigenvalue weighted by atomic mass is 16.5. The molecule has 1 heterocycles. The van der Waals surface area contributed by atoms with Gasteiger partial charge in [0.05, 0.1) is 35.0 Å². The van der Waals surface area contributed by atoms with Crippen molar-refractivity contribution < 1.29 is 19.1 Å². The van der Waals surface area contributed by atoms with Crippen molar-refractivity contribution in [3.63, 3.8) is 0 Å². The summed E-state index contributed by atoms with van der Waals surface area (Å²) in [4.78, 5) is 47.7. The van der Waals surface area contributed by atoms with Gasteiger partial charge in [0.25, 0.3) is 0 Å². The summed E-state index contributed by atoms with van der Waals surface area (Å²) >= 11 is 0. The maximum atomic E-state index is 15.9. The minimum Gasteiger partial charge on any atom is -0.491 e. The maximum Gasteiger partial charge on any atom is 0.239 e. The molecular weight excluding hydrogens is 582 g/mol. The highest BCUT2D eigenvalue weighted by molar-refractivity contribution is 6.39. The number of nitrogens with zero attached hydrogens (tertiary/aromatic N) is 1. The van der Waals surface area contributed by atoms with Crippen LogP contribution in [-0.2, 0) is 25.2 Å². The van der Waals surface area contributed by atoms with E-state index in [1.54, 1.807) is 12.1 Å². The number of hydrogen-bond acceptors (Lipinski definition) is 4. The predicted octanol–water partition coefficient (Wildman–Crippen LogP) is 7.66. The zero-order valence-corrected chi connectivity index (χ0v) is 26.0. The van der Waals surface area contributed by atoms with Crippen LogP contribution in [0, 0.1) is 11.8 Å². The molecule has 5 aromatic carbocycles. The van der Waals surface area contributed by atoms with E-state index in [4.69, 9.17) is 4.74 Å². The Labute approximate surface area is 274 Å². The number of ether oxygens (including phenoxy) is 1. The van der Waals surface area contributed by atoms with Crippen LogP contribution in [0.15, 0.2) is 146 Å². The second kappa shape index (κ2) is 11.1. The topological polar surface area (TPSA) is 63.7 Å². The minimum absolute atomic E-state index is 0.132. The van der Waals surface area contributed by atoms with Crippen molar-refractivity contribution in [2.75, 3.05) is 11.5 Å². The summed E-state index contributed by atoms with van der Waals surface area (Å²) in [6, 6.07) is 46.2. The number of imide groups is 1. The molecule has 5 nitrogen and oxygen atoms in total. The van der Waals surface area contributed by atoms with Crippen molar-refractivity contribution in [1.82, 2.24) is 0 Å². The van der Waals surface area contributed by atoms with Crippen molar-refractivity contribution >= 4 is 34.4 Å². The van der Waals surface area contributed by atoms with Gasteiger partial charge in [0.2, 0.25) is 11.8 Å². The summed E-state index contributed by atoms with van der Waals surface area (Å²) < 4.78 is 6.08. The third kappa shape index (κ3) is 3.80. The van der Waals surface area contributed by atoms with Crippen LogP contribution >= 0.6 is 0 Å². The number of carbonyl (C=O) groups excluding carboxylic acids is 3. The highest BCUT2D eigenvalue weighted by Crippen LogP contribution is 2.74. The van der Waals surface area contributed by atoms with Crippen LogP contribution in [0.2, 0.25) is 0 Å². The Kier molecular flexibility index (Phi) is 6.80. The van der Waals surface area contributed by atoms with Crippen LogP contribution < -0.4 is 9.64 Å². The van der Waals surface area contributed by atoms with Crippen molar-refractivity contribution in [2.24, 2.45) is 11.8 Å². The number of ketones is 1. The number of Topliss-reactive ketones (excluding diaryl/α,β-unsaturated/α-hetero) is 1. The number of hydrogen-bond donors (Lipinski definition) is 0. The van der Waals surface area contributed by atoms with Gasteiger partial charge < -0.3 is 4.74 Å². The van der Waals surface area contributed by atoms with E-state index < -0.39 is 22.7 Å². The van der Waals surface area contributed by atoms with E-state index in [2.05, 4.69) is 0 Å². The van der Waals surface area contributed by atoms with E-state index in [1.165, 1.54) is 4.90 Å². The van der Waals surface area contributed by atoms with Crippen LogP contribution in [0.3, 0.4) is 0 Å². The summed E-state index contributed by atoms with van der Waals surface area (Å²) in [5, 5.41) is 0. The first-order chi connectivity index (χ1) is 23.1. The predicted molar refractivity (Wildman–Crippen MR) is 183 cm³/mol. The van der Waals surface area contributed by atoms with Crippen LogP contribution in [0.4, 0.5) is 5.69 Å². The molecule has 2 amide bonds. The molecule has 8 rings (SSSR count). The number of amides is 2. The van der Waals surface area contributed by atoms with Gasteiger partial charge in [0.1, 0.15) is 5.75 Å². The van der Waals surface area contributed by atoms with Gasteiger partial charge in [-0.05, 0) is 52.0 Å². The van der Waals surface area contributed by atoms with E-state index in [9.17, 15) is 0 Å². The molecule has 5 aromatic rings. The molecule has 3 aliphatic rings. The second-order valence-electron chi connectivity index (χ2n) is 12.4. The third-order valence-corrected chi connectivity index (χ3v) is 10.1. The van der Waals surface area contributed by atoms with E-state index >= 15 is 14.4 Å². The van der Waals surface area contributed by atoms with Gasteiger partial charge in [-0.25, -0.2) is 4.90 Å². The smallest absolute Gasteiger partial charge is 0.239 e. The lowest BCUT2D eigenvalue weighted by atomic mass is 9.59. The average Bonchev–Trinajstić information content (AvgIpc) is 3.64. The van der Waals surface area contributed by atoms with Gasteiger partial charge in [-0.15, -0.1) is 0 Å². The quantitative estimate of drug-likeness (QED) is 0.168. The van der Waals surface area contributed by atoms with Crippen molar-refractivity contribution in [3.8, 4) is 5.75 Å². The molecule has 5 heteroatoms. The summed E-state index contributed by atoms with van der Waals surface area (Å²) in [6.45, 7) is 2.45. The molecule has 1 saturated carbocycles. The molecule has 2 bridgehead atoms. The van der Waals surface area contributed by atoms with E-state index in [-0.39, 0.29) is 17.6 Å². The number of rotatable bonds is 8. The van der Waals surface area contributed by atoms with Gasteiger partial charge in [0.15, 0.2) is 5.78 Å². The maximum absolute atomic E-state index is 15.9. The molecule has 0 aromatic heterocycles. The Morgan fingerprint density at radius 2 is 0.957 bits per heavy atom. The standard InChI is InChI=1S/C42H33NO4/c1-2-27-47-33-26-16-15-25-32(33)43-38(44)36-37(39(43)45)42(31-23-13-6-14-24-31)35(29-19-9-4-10-20-29)34(28-17-7-3-8-18-28)41(36,40(42)46)30-21-11-5-12-22-30/h3-26,36-37H,2,27H2,1H3/t36-,37-,41+,42+/m1/s1. The largest absolute Gasteiger partial charge is 0.491 e. The highest BCUT2D eigenvalue weighted by Gasteiger charge is 2.82. The zero-order chi connectivity index (χ0) is 32.2. The normalized spacial score (nSPS) is 24.6. The van der Waals surface area contributed by atoms with Crippen LogP contribution in [0.25, 0.3) is 11.1 Å². The van der Waals surface area contributed by atoms with Gasteiger partial charge >= 0.3 is 0 Å². The number of allylic oxidation sites excluding steroid dienone is 2. The molecule has 1 saturated heterocycles. The lowest BCUT2D eigenvalue weighted by Gasteiger charge is -2.39. The van der Waals surface area contributed by atoms with Gasteiger partial charge in [-0.1, -0.05) is 140 Å². The molecule has 230 valence electrons. The molecule has 0 spiro atoms. The van der Waals surface area contributed by atoms with Gasteiger partial charge in [-0.3, -0.25) is 14.4 Å². The van der Waals surface area contributed by atoms with Crippen LogP contribution in [-0.4, -0.2) is 24.2 Å². The van der Waals surface area contributed by atoms with Gasteiger partial charge in [-0.2, -0.15) is 0 Å². The third-order valence-electron chi connectivity index (χ3n) is 10.1. The number of carbonyl (C=O) groups is 3. The summed E-state index contributed by atoms with van der Waals surface area (Å²) in [5.74, 6) is -2.39. The Hall–Kier alpha value is -5.55. The van der Waals surface area contributed by atoms with Crippen LogP contribution in [0.5, 0.6) is 5.75 Å². The van der Waals surface area contributed by atoms with Crippen molar-refractivity contribution in [1.29, 1.82) is 0 Å². The fourth-order valence-corrected chi connectivity index (χ4v) is 8.55. The van der Waals surface area contributed by atoms with Crippen molar-refractivity contribution in [3.05, 3.63) is 168 Å². The molecule has 0 N–H and O–H groups in total. The Morgan fingerprint density at radius 3 is 1.40 bits per heavy atom. The molecule has 47 heavy (non-hydrogen) atoms. The first kappa shape index (κ1) is 28.9. The number of para-hydroxylation sites is 2. The number of fused-ring (bicyclic) bond motifs is 5. The first-order valence-corrected chi connectivity index (χ1v) is 16.2. The molecule has 4 atom stereocenters. The lowest BCUT2D eigenvalue weighted by molar-refractivity contribution is -0.130. The molecule has 2 aliphatic carbocycles. The average molecular weight is 616 g/mol. The fraction of sp³-hybridized carbons (Fsp3) is 0.167. The molecular formula is C42H33NO4. The Morgan fingerprint density at radius 1 is 0.553 bits per heavy atom. The zero-order valence-electron chi connectivity index (χ0n) is 26.0. The summed E-state index contributed by atoms with van der Waals surface area (Å²) in [6.07, 6.45) is 0.773. The van der Waals surface area contributed by atoms with E-state index in [1.807, 2.05) is 140 Å². The van der Waals surface area contributed by atoms with Gasteiger partial charge in [0, 0.05) is 0 Å². The Bertz CT molecular complexity index is 1920. The molecule has 0 unspecified atom stereocenters. The fourth-order valence-electron chi connectivity index (χ4n) is 8.55. The second-order valence-corrected chi connectivity index (χ2v) is 12.4. The molecule has 1 aliphatic heterocycles. The van der Waals surface area contributed by atoms with Crippen LogP contribution in [0.1, 0.15) is 35.6 Å². The SMILES string of the molecule is CCCOc1ccccc1N1C(=O)[C@H]2[C@H](C1=O)[C@@]1(c3ccccc3)C(=O)[C@@]2(c2ccccc2)C(c2ccccc2)=C1c1ccccc1. The summed E-state index contributed by atoms with van der Waals surface area (Å²) in [5.41, 5.74) is 2.22. The number of benzene rings is 5. The molecule has 2 fully saturated rings. The van der Waals surface area contributed by atoms with E-state index in [0.717, 1.165) is 28.7 Å². The Balaban J connectivity index is 1.52. The van der Waals surface area contributed by atoms with Crippen molar-refractivity contribution in [2.45, 2.75) is 24.2 Å². The monoisotopic (exact) mass is 615 g/mol. The minimum atomic E-state index is -1.44. The molecule has 0 radical (unpaired) electrons. The van der Waals surface area contributed by atoms with E-state index in [0.29, 0.717) is 29.2 Å². The first-order valence-electron chi connectivity index (χ1n) is 16.2. The number of anilines is 1.